The number of para-hydroxylation sites is 1. The van der Waals surface area contributed by atoms with Crippen molar-refractivity contribution in [2.24, 2.45) is 0 Å². The molecule has 4 rings (SSSR count). The van der Waals surface area contributed by atoms with Gasteiger partial charge >= 0.3 is 0 Å². The molecule has 1 aromatic heterocycles. The summed E-state index contributed by atoms with van der Waals surface area (Å²) >= 11 is 0. The maximum absolute atomic E-state index is 4.94. The quantitative estimate of drug-likeness (QED) is 0.373. The van der Waals surface area contributed by atoms with Crippen LogP contribution in [0.3, 0.4) is 0 Å². The van der Waals surface area contributed by atoms with Gasteiger partial charge in [-0.2, -0.15) is 0 Å². The molecular weight excluding hydrogens is 290 g/mol. The van der Waals surface area contributed by atoms with Crippen molar-refractivity contribution in [2.75, 3.05) is 0 Å². The molecule has 1 heterocycles. The Bertz CT molecular complexity index is 1020. The SMILES string of the molecule is CC(C)(C)c1c2ccccc2nc2cccc(-c3ccccc3)c12. The third-order valence-corrected chi connectivity index (χ3v) is 4.54. The van der Waals surface area contributed by atoms with Crippen molar-refractivity contribution in [1.29, 1.82) is 0 Å². The molecule has 1 nitrogen and oxygen atoms in total. The number of nitrogens with zero attached hydrogens (tertiary/aromatic N) is 1. The van der Waals surface area contributed by atoms with Crippen LogP contribution in [0.4, 0.5) is 0 Å². The first-order valence-corrected chi connectivity index (χ1v) is 8.43. The van der Waals surface area contributed by atoms with E-state index in [1.54, 1.807) is 0 Å². The van der Waals surface area contributed by atoms with Crippen LogP contribution < -0.4 is 0 Å². The summed E-state index contributed by atoms with van der Waals surface area (Å²) in [5.41, 5.74) is 6.05. The molecule has 0 N–H and O–H groups in total. The summed E-state index contributed by atoms with van der Waals surface area (Å²) in [6.45, 7) is 6.86. The molecule has 24 heavy (non-hydrogen) atoms. The molecule has 0 amide bonds. The highest BCUT2D eigenvalue weighted by molar-refractivity contribution is 6.05. The Morgan fingerprint density at radius 3 is 2.08 bits per heavy atom. The lowest BCUT2D eigenvalue weighted by molar-refractivity contribution is 0.601. The average Bonchev–Trinajstić information content (AvgIpc) is 2.59. The summed E-state index contributed by atoms with van der Waals surface area (Å²) in [6.07, 6.45) is 0. The highest BCUT2D eigenvalue weighted by Gasteiger charge is 2.23. The largest absolute Gasteiger partial charge is 0.248 e. The summed E-state index contributed by atoms with van der Waals surface area (Å²) < 4.78 is 0. The molecule has 0 saturated heterocycles. The number of aromatic nitrogens is 1. The first-order valence-electron chi connectivity index (χ1n) is 8.43. The minimum absolute atomic E-state index is 0.0334. The van der Waals surface area contributed by atoms with E-state index < -0.39 is 0 Å². The normalized spacial score (nSPS) is 12.0. The van der Waals surface area contributed by atoms with Gasteiger partial charge in [0, 0.05) is 10.8 Å². The summed E-state index contributed by atoms with van der Waals surface area (Å²) in [4.78, 5) is 4.94. The lowest BCUT2D eigenvalue weighted by Crippen LogP contribution is -2.13. The number of hydrogen-bond acceptors (Lipinski definition) is 1. The van der Waals surface area contributed by atoms with E-state index in [1.165, 1.54) is 27.5 Å². The molecule has 0 saturated carbocycles. The van der Waals surface area contributed by atoms with Gasteiger partial charge in [0.25, 0.3) is 0 Å². The second-order valence-corrected chi connectivity index (χ2v) is 7.32. The minimum Gasteiger partial charge on any atom is -0.248 e. The molecule has 0 aliphatic rings. The average molecular weight is 311 g/mol. The van der Waals surface area contributed by atoms with Gasteiger partial charge in [-0.15, -0.1) is 0 Å². The first-order chi connectivity index (χ1) is 11.6. The van der Waals surface area contributed by atoms with E-state index in [0.29, 0.717) is 0 Å². The lowest BCUT2D eigenvalue weighted by Gasteiger charge is -2.25. The van der Waals surface area contributed by atoms with Crippen molar-refractivity contribution in [2.45, 2.75) is 26.2 Å². The van der Waals surface area contributed by atoms with E-state index in [9.17, 15) is 0 Å². The maximum atomic E-state index is 4.94. The number of hydrogen-bond donors (Lipinski definition) is 0. The van der Waals surface area contributed by atoms with E-state index in [2.05, 4.69) is 93.6 Å². The second-order valence-electron chi connectivity index (χ2n) is 7.32. The van der Waals surface area contributed by atoms with Gasteiger partial charge in [-0.1, -0.05) is 81.4 Å². The molecule has 0 aliphatic carbocycles. The van der Waals surface area contributed by atoms with Crippen LogP contribution in [0, 0.1) is 0 Å². The van der Waals surface area contributed by atoms with Crippen molar-refractivity contribution >= 4 is 21.8 Å². The van der Waals surface area contributed by atoms with Gasteiger partial charge in [-0.3, -0.25) is 0 Å². The fourth-order valence-electron chi connectivity index (χ4n) is 3.58. The molecule has 1 heteroatoms. The van der Waals surface area contributed by atoms with E-state index in [-0.39, 0.29) is 5.41 Å². The maximum Gasteiger partial charge on any atom is 0.0718 e. The molecule has 0 atom stereocenters. The molecule has 0 fully saturated rings. The van der Waals surface area contributed by atoms with Crippen molar-refractivity contribution in [3.8, 4) is 11.1 Å². The van der Waals surface area contributed by atoms with Gasteiger partial charge in [0.2, 0.25) is 0 Å². The summed E-state index contributed by atoms with van der Waals surface area (Å²) in [7, 11) is 0. The molecule has 3 aromatic carbocycles. The van der Waals surface area contributed by atoms with Gasteiger partial charge in [-0.05, 0) is 34.2 Å². The first kappa shape index (κ1) is 14.9. The van der Waals surface area contributed by atoms with E-state index in [1.807, 2.05) is 0 Å². The Balaban J connectivity index is 2.23. The van der Waals surface area contributed by atoms with Gasteiger partial charge < -0.3 is 0 Å². The zero-order valence-corrected chi connectivity index (χ0v) is 14.4. The number of fused-ring (bicyclic) bond motifs is 2. The highest BCUT2D eigenvalue weighted by Crippen LogP contribution is 2.40. The third kappa shape index (κ3) is 2.37. The zero-order valence-electron chi connectivity index (χ0n) is 14.4. The Kier molecular flexibility index (Phi) is 3.38. The van der Waals surface area contributed by atoms with Crippen LogP contribution in [0.15, 0.2) is 72.8 Å². The standard InChI is InChI=1S/C23H21N/c1-23(2,3)22-18-12-7-8-14-19(18)24-20-15-9-13-17(21(20)22)16-10-5-4-6-11-16/h4-15H,1-3H3. The van der Waals surface area contributed by atoms with Crippen molar-refractivity contribution in [3.05, 3.63) is 78.4 Å². The summed E-state index contributed by atoms with van der Waals surface area (Å²) in [6, 6.07) is 25.5. The zero-order chi connectivity index (χ0) is 16.7. The molecule has 0 unspecified atom stereocenters. The highest BCUT2D eigenvalue weighted by atomic mass is 14.7. The Hall–Kier alpha value is -2.67. The monoisotopic (exact) mass is 311 g/mol. The van der Waals surface area contributed by atoms with Crippen LogP contribution in [0.2, 0.25) is 0 Å². The van der Waals surface area contributed by atoms with Crippen molar-refractivity contribution in [3.63, 3.8) is 0 Å². The third-order valence-electron chi connectivity index (χ3n) is 4.54. The fourth-order valence-corrected chi connectivity index (χ4v) is 3.58. The molecule has 0 radical (unpaired) electrons. The topological polar surface area (TPSA) is 12.9 Å². The Labute approximate surface area is 143 Å². The summed E-state index contributed by atoms with van der Waals surface area (Å²) in [5, 5.41) is 2.52. The molecule has 0 bridgehead atoms. The number of pyridine rings is 1. The van der Waals surface area contributed by atoms with Crippen LogP contribution in [-0.2, 0) is 5.41 Å². The van der Waals surface area contributed by atoms with Crippen molar-refractivity contribution in [1.82, 2.24) is 4.98 Å². The molecular formula is C23H21N. The minimum atomic E-state index is 0.0334. The van der Waals surface area contributed by atoms with Crippen LogP contribution in [0.1, 0.15) is 26.3 Å². The predicted molar refractivity (Wildman–Crippen MR) is 103 cm³/mol. The van der Waals surface area contributed by atoms with E-state index in [0.717, 1.165) is 11.0 Å². The van der Waals surface area contributed by atoms with Crippen LogP contribution in [0.5, 0.6) is 0 Å². The molecule has 4 aromatic rings. The molecule has 0 spiro atoms. The molecule has 118 valence electrons. The Morgan fingerprint density at radius 2 is 1.33 bits per heavy atom. The van der Waals surface area contributed by atoms with Gasteiger partial charge in [0.15, 0.2) is 0 Å². The van der Waals surface area contributed by atoms with Gasteiger partial charge in [0.1, 0.15) is 0 Å². The second kappa shape index (κ2) is 5.45. The number of benzene rings is 3. The van der Waals surface area contributed by atoms with Gasteiger partial charge in [-0.25, -0.2) is 4.98 Å². The van der Waals surface area contributed by atoms with E-state index >= 15 is 0 Å². The predicted octanol–water partition coefficient (Wildman–Crippen LogP) is 6.35. The van der Waals surface area contributed by atoms with E-state index in [4.69, 9.17) is 4.98 Å². The Morgan fingerprint density at radius 1 is 0.667 bits per heavy atom. The van der Waals surface area contributed by atoms with Crippen LogP contribution in [0.25, 0.3) is 32.9 Å². The fraction of sp³-hybridized carbons (Fsp3) is 0.174. The van der Waals surface area contributed by atoms with Gasteiger partial charge in [0.05, 0.1) is 11.0 Å². The van der Waals surface area contributed by atoms with Crippen LogP contribution >= 0.6 is 0 Å². The number of rotatable bonds is 1. The van der Waals surface area contributed by atoms with Crippen LogP contribution in [-0.4, -0.2) is 4.98 Å². The molecule has 0 aliphatic heterocycles. The smallest absolute Gasteiger partial charge is 0.0718 e. The summed E-state index contributed by atoms with van der Waals surface area (Å²) in [5.74, 6) is 0. The van der Waals surface area contributed by atoms with Crippen molar-refractivity contribution < 1.29 is 0 Å². The lowest BCUT2D eigenvalue weighted by atomic mass is 9.80.